The molecule has 0 radical (unpaired) electrons. The summed E-state index contributed by atoms with van der Waals surface area (Å²) < 4.78 is 17.0. The van der Waals surface area contributed by atoms with Gasteiger partial charge >= 0.3 is 5.97 Å². The summed E-state index contributed by atoms with van der Waals surface area (Å²) >= 11 is 0. The van der Waals surface area contributed by atoms with Crippen LogP contribution in [0, 0.1) is 0 Å². The lowest BCUT2D eigenvalue weighted by Gasteiger charge is -2.12. The van der Waals surface area contributed by atoms with Gasteiger partial charge in [-0.2, -0.15) is 0 Å². The number of oxime groups is 1. The van der Waals surface area contributed by atoms with Crippen molar-refractivity contribution in [2.45, 2.75) is 19.8 Å². The van der Waals surface area contributed by atoms with Gasteiger partial charge in [0.05, 0.1) is 13.5 Å². The molecule has 0 bridgehead atoms. The summed E-state index contributed by atoms with van der Waals surface area (Å²) in [7, 11) is 1.62. The Morgan fingerprint density at radius 1 is 0.909 bits per heavy atom. The van der Waals surface area contributed by atoms with E-state index in [1.807, 2.05) is 55.5 Å². The summed E-state index contributed by atoms with van der Waals surface area (Å²) in [4.78, 5) is 16.4. The van der Waals surface area contributed by atoms with Crippen LogP contribution in [0.25, 0.3) is 0 Å². The summed E-state index contributed by atoms with van der Waals surface area (Å²) in [6.45, 7) is 2.63. The minimum Gasteiger partial charge on any atom is -0.497 e. The first-order valence-corrected chi connectivity index (χ1v) is 10.6. The second-order valence-corrected chi connectivity index (χ2v) is 7.18. The molecule has 0 atom stereocenters. The summed E-state index contributed by atoms with van der Waals surface area (Å²) in [6.07, 6.45) is 0.762. The van der Waals surface area contributed by atoms with Crippen LogP contribution in [-0.4, -0.2) is 37.1 Å². The minimum absolute atomic E-state index is 0.0670. The number of nitrogens with zero attached hydrogens (tertiary/aromatic N) is 1. The monoisotopic (exact) mass is 449 g/mol. The first-order valence-electron chi connectivity index (χ1n) is 10.6. The average molecular weight is 450 g/mol. The van der Waals surface area contributed by atoms with E-state index in [1.165, 1.54) is 0 Å². The van der Waals surface area contributed by atoms with Gasteiger partial charge in [0.15, 0.2) is 0 Å². The fourth-order valence-electron chi connectivity index (χ4n) is 2.97. The van der Waals surface area contributed by atoms with Gasteiger partial charge in [-0.15, -0.1) is 0 Å². The Morgan fingerprint density at radius 2 is 1.64 bits per heavy atom. The van der Waals surface area contributed by atoms with Crippen molar-refractivity contribution in [1.82, 2.24) is 0 Å². The van der Waals surface area contributed by atoms with Crippen LogP contribution in [0.5, 0.6) is 23.0 Å². The first kappa shape index (κ1) is 23.7. The predicted molar refractivity (Wildman–Crippen MR) is 126 cm³/mol. The van der Waals surface area contributed by atoms with Gasteiger partial charge in [0.25, 0.3) is 0 Å². The van der Waals surface area contributed by atoms with Gasteiger partial charge in [0, 0.05) is 5.56 Å². The molecule has 0 aliphatic rings. The smallest absolute Gasteiger partial charge is 0.307 e. The maximum absolute atomic E-state index is 11.0. The van der Waals surface area contributed by atoms with Crippen LogP contribution in [-0.2, 0) is 16.1 Å². The fourth-order valence-corrected chi connectivity index (χ4v) is 2.97. The summed E-state index contributed by atoms with van der Waals surface area (Å²) in [6, 6.07) is 21.8. The Labute approximate surface area is 193 Å². The van der Waals surface area contributed by atoms with E-state index in [0.717, 1.165) is 17.7 Å². The van der Waals surface area contributed by atoms with Crippen LogP contribution >= 0.6 is 0 Å². The van der Waals surface area contributed by atoms with E-state index in [2.05, 4.69) is 5.16 Å². The van der Waals surface area contributed by atoms with Crippen molar-refractivity contribution in [3.63, 3.8) is 0 Å². The molecule has 0 aliphatic carbocycles. The maximum atomic E-state index is 11.0. The van der Waals surface area contributed by atoms with E-state index < -0.39 is 5.97 Å². The van der Waals surface area contributed by atoms with Crippen LogP contribution in [0.2, 0.25) is 0 Å². The SMILES string of the molecule is CCCO/N=C(\COc1cccc(CC(=O)O)c1)c1cccc(Oc2ccc(OC)cc2)c1. The van der Waals surface area contributed by atoms with Crippen molar-refractivity contribution in [3.05, 3.63) is 83.9 Å². The zero-order valence-electron chi connectivity index (χ0n) is 18.7. The summed E-state index contributed by atoms with van der Waals surface area (Å²) in [5, 5.41) is 13.3. The van der Waals surface area contributed by atoms with Gasteiger partial charge in [-0.05, 0) is 60.5 Å². The first-order chi connectivity index (χ1) is 16.1. The van der Waals surface area contributed by atoms with E-state index in [9.17, 15) is 4.79 Å². The number of aliphatic carboxylic acids is 1. The highest BCUT2D eigenvalue weighted by Crippen LogP contribution is 2.25. The van der Waals surface area contributed by atoms with Gasteiger partial charge in [-0.3, -0.25) is 4.79 Å². The molecule has 1 N–H and O–H groups in total. The quantitative estimate of drug-likeness (QED) is 0.229. The molecule has 7 nitrogen and oxygen atoms in total. The third-order valence-electron chi connectivity index (χ3n) is 4.56. The topological polar surface area (TPSA) is 86.6 Å². The van der Waals surface area contributed by atoms with Gasteiger partial charge in [-0.1, -0.05) is 36.3 Å². The zero-order valence-corrected chi connectivity index (χ0v) is 18.7. The molecule has 7 heteroatoms. The van der Waals surface area contributed by atoms with Gasteiger partial charge in [-0.25, -0.2) is 0 Å². The van der Waals surface area contributed by atoms with Crippen molar-refractivity contribution < 1.29 is 28.9 Å². The van der Waals surface area contributed by atoms with E-state index in [-0.39, 0.29) is 13.0 Å². The van der Waals surface area contributed by atoms with E-state index >= 15 is 0 Å². The minimum atomic E-state index is -0.893. The average Bonchev–Trinajstić information content (AvgIpc) is 2.82. The van der Waals surface area contributed by atoms with E-state index in [1.54, 1.807) is 31.4 Å². The standard InChI is InChI=1S/C26H27NO6/c1-3-14-32-27-25(18-31-23-8-4-6-19(15-23)16-26(28)29)20-7-5-9-24(17-20)33-22-12-10-21(30-2)11-13-22/h4-13,15,17H,3,14,16,18H2,1-2H3,(H,28,29)/b27-25+. The highest BCUT2D eigenvalue weighted by molar-refractivity contribution is 6.01. The van der Waals surface area contributed by atoms with Crippen LogP contribution < -0.4 is 14.2 Å². The molecule has 0 aliphatic heterocycles. The Morgan fingerprint density at radius 3 is 2.36 bits per heavy atom. The van der Waals surface area contributed by atoms with Crippen LogP contribution in [0.3, 0.4) is 0 Å². The Kier molecular flexibility index (Phi) is 8.71. The van der Waals surface area contributed by atoms with E-state index in [4.69, 9.17) is 24.2 Å². The molecule has 0 saturated carbocycles. The predicted octanol–water partition coefficient (Wildman–Crippen LogP) is 5.32. The molecule has 0 saturated heterocycles. The normalized spacial score (nSPS) is 11.0. The molecule has 0 unspecified atom stereocenters. The molecule has 33 heavy (non-hydrogen) atoms. The summed E-state index contributed by atoms with van der Waals surface area (Å²) in [5.74, 6) is 1.74. The van der Waals surface area contributed by atoms with Crippen LogP contribution in [0.15, 0.2) is 78.0 Å². The molecule has 172 valence electrons. The third kappa shape index (κ3) is 7.57. The zero-order chi connectivity index (χ0) is 23.5. The highest BCUT2D eigenvalue weighted by Gasteiger charge is 2.10. The number of carbonyl (C=O) groups is 1. The number of hydrogen-bond donors (Lipinski definition) is 1. The molecule has 0 fully saturated rings. The van der Waals surface area contributed by atoms with Crippen molar-refractivity contribution in [2.24, 2.45) is 5.16 Å². The molecule has 3 aromatic rings. The number of benzene rings is 3. The third-order valence-corrected chi connectivity index (χ3v) is 4.56. The molecule has 0 amide bonds. The second-order valence-electron chi connectivity index (χ2n) is 7.18. The lowest BCUT2D eigenvalue weighted by atomic mass is 10.1. The van der Waals surface area contributed by atoms with Crippen LogP contribution in [0.1, 0.15) is 24.5 Å². The van der Waals surface area contributed by atoms with Crippen molar-refractivity contribution in [3.8, 4) is 23.0 Å². The number of carboxylic acids is 1. The summed E-state index contributed by atoms with van der Waals surface area (Å²) in [5.41, 5.74) is 2.04. The molecule has 0 aromatic heterocycles. The lowest BCUT2D eigenvalue weighted by Crippen LogP contribution is -2.14. The lowest BCUT2D eigenvalue weighted by molar-refractivity contribution is -0.136. The van der Waals surface area contributed by atoms with Crippen molar-refractivity contribution in [1.29, 1.82) is 0 Å². The van der Waals surface area contributed by atoms with Crippen molar-refractivity contribution >= 4 is 11.7 Å². The number of carboxylic acid groups (broad SMARTS) is 1. The maximum Gasteiger partial charge on any atom is 0.307 e. The Balaban J connectivity index is 1.75. The Hall–Kier alpha value is -4.00. The van der Waals surface area contributed by atoms with Crippen molar-refractivity contribution in [2.75, 3.05) is 20.3 Å². The fraction of sp³-hybridized carbons (Fsp3) is 0.231. The molecule has 3 rings (SSSR count). The van der Waals surface area contributed by atoms with Crippen LogP contribution in [0.4, 0.5) is 0 Å². The molecule has 3 aromatic carbocycles. The largest absolute Gasteiger partial charge is 0.497 e. The Bertz CT molecular complexity index is 1080. The molecular weight excluding hydrogens is 422 g/mol. The van der Waals surface area contributed by atoms with Gasteiger partial charge in [0.2, 0.25) is 0 Å². The molecular formula is C26H27NO6. The number of hydrogen-bond acceptors (Lipinski definition) is 6. The van der Waals surface area contributed by atoms with E-state index in [0.29, 0.717) is 35.1 Å². The highest BCUT2D eigenvalue weighted by atomic mass is 16.6. The van der Waals surface area contributed by atoms with Gasteiger partial charge in [0.1, 0.15) is 41.9 Å². The molecule has 0 spiro atoms. The molecule has 0 heterocycles. The second kappa shape index (κ2) is 12.1. The number of ether oxygens (including phenoxy) is 3. The number of methoxy groups -OCH3 is 1. The number of rotatable bonds is 12. The van der Waals surface area contributed by atoms with Gasteiger partial charge < -0.3 is 24.2 Å².